The summed E-state index contributed by atoms with van der Waals surface area (Å²) in [6.45, 7) is 0. The Bertz CT molecular complexity index is 586. The fourth-order valence-electron chi connectivity index (χ4n) is 1.68. The summed E-state index contributed by atoms with van der Waals surface area (Å²) in [6.07, 6.45) is 0. The van der Waals surface area contributed by atoms with E-state index < -0.39 is 17.8 Å². The number of halogens is 2. The molecule has 5 heteroatoms. The first-order valence-corrected chi connectivity index (χ1v) is 6.36. The average molecular weight is 324 g/mol. The number of hydrogen-bond acceptors (Lipinski definition) is 2. The molecular weight excluding hydrogens is 313 g/mol. The maximum absolute atomic E-state index is 13.5. The van der Waals surface area contributed by atoms with Gasteiger partial charge in [-0.1, -0.05) is 40.2 Å². The van der Waals surface area contributed by atoms with Gasteiger partial charge >= 0.3 is 5.97 Å². The molecule has 0 heterocycles. The molecule has 19 heavy (non-hydrogen) atoms. The van der Waals surface area contributed by atoms with Crippen LogP contribution >= 0.6 is 15.9 Å². The molecule has 3 nitrogen and oxygen atoms in total. The Hall–Kier alpha value is -1.88. The third-order valence-corrected chi connectivity index (χ3v) is 3.15. The van der Waals surface area contributed by atoms with E-state index in [4.69, 9.17) is 0 Å². The van der Waals surface area contributed by atoms with E-state index in [2.05, 4.69) is 21.2 Å². The Morgan fingerprint density at radius 3 is 2.37 bits per heavy atom. The highest BCUT2D eigenvalue weighted by atomic mass is 79.9. The third kappa shape index (κ3) is 3.32. The van der Waals surface area contributed by atoms with Gasteiger partial charge < -0.3 is 10.4 Å². The fraction of sp³-hybridized carbons (Fsp3) is 0.0714. The number of aliphatic carboxylic acids is 1. The maximum atomic E-state index is 13.5. The van der Waals surface area contributed by atoms with Gasteiger partial charge in [-0.25, -0.2) is 9.18 Å². The van der Waals surface area contributed by atoms with Crippen molar-refractivity contribution < 1.29 is 14.3 Å². The Balaban J connectivity index is 2.29. The van der Waals surface area contributed by atoms with Crippen molar-refractivity contribution in [2.45, 2.75) is 6.04 Å². The lowest BCUT2D eigenvalue weighted by molar-refractivity contribution is -0.138. The topological polar surface area (TPSA) is 49.3 Å². The van der Waals surface area contributed by atoms with Crippen LogP contribution in [-0.2, 0) is 4.79 Å². The molecule has 0 saturated heterocycles. The minimum Gasteiger partial charge on any atom is -0.479 e. The number of rotatable bonds is 4. The molecule has 2 aromatic carbocycles. The normalized spacial score (nSPS) is 11.9. The second-order valence-corrected chi connectivity index (χ2v) is 4.86. The van der Waals surface area contributed by atoms with Crippen molar-refractivity contribution in [1.82, 2.24) is 0 Å². The summed E-state index contributed by atoms with van der Waals surface area (Å²) in [7, 11) is 0. The lowest BCUT2D eigenvalue weighted by atomic mass is 10.1. The van der Waals surface area contributed by atoms with Gasteiger partial charge in [0.2, 0.25) is 0 Å². The molecule has 0 spiro atoms. The van der Waals surface area contributed by atoms with Crippen LogP contribution in [0.3, 0.4) is 0 Å². The molecule has 2 aromatic rings. The third-order valence-electron chi connectivity index (χ3n) is 2.62. The Labute approximate surface area is 118 Å². The van der Waals surface area contributed by atoms with E-state index in [0.29, 0.717) is 5.56 Å². The fourth-order valence-corrected chi connectivity index (χ4v) is 1.94. The van der Waals surface area contributed by atoms with Crippen molar-refractivity contribution >= 4 is 27.6 Å². The van der Waals surface area contributed by atoms with Gasteiger partial charge in [-0.3, -0.25) is 0 Å². The molecule has 2 N–H and O–H groups in total. The second kappa shape index (κ2) is 5.84. The summed E-state index contributed by atoms with van der Waals surface area (Å²) in [5, 5.41) is 11.9. The minimum atomic E-state index is -1.06. The summed E-state index contributed by atoms with van der Waals surface area (Å²) in [5.74, 6) is -1.54. The van der Waals surface area contributed by atoms with Crippen molar-refractivity contribution in [1.29, 1.82) is 0 Å². The van der Waals surface area contributed by atoms with Crippen LogP contribution in [0.4, 0.5) is 10.1 Å². The first-order valence-electron chi connectivity index (χ1n) is 5.57. The summed E-state index contributed by atoms with van der Waals surface area (Å²) in [6, 6.07) is 11.8. The Morgan fingerprint density at radius 1 is 1.16 bits per heavy atom. The van der Waals surface area contributed by atoms with Crippen molar-refractivity contribution in [3.63, 3.8) is 0 Å². The molecule has 0 aromatic heterocycles. The number of carbonyl (C=O) groups is 1. The van der Waals surface area contributed by atoms with Gasteiger partial charge in [-0.2, -0.15) is 0 Å². The van der Waals surface area contributed by atoms with Gasteiger partial charge in [0.1, 0.15) is 5.82 Å². The zero-order chi connectivity index (χ0) is 13.8. The number of carboxylic acids is 1. The molecule has 0 radical (unpaired) electrons. The summed E-state index contributed by atoms with van der Waals surface area (Å²) in [5.41, 5.74) is 0.719. The molecule has 0 amide bonds. The van der Waals surface area contributed by atoms with Gasteiger partial charge in [0.15, 0.2) is 6.04 Å². The van der Waals surface area contributed by atoms with Crippen LogP contribution < -0.4 is 5.32 Å². The van der Waals surface area contributed by atoms with Crippen molar-refractivity contribution in [3.8, 4) is 0 Å². The van der Waals surface area contributed by atoms with Crippen LogP contribution in [0.2, 0.25) is 0 Å². The molecule has 1 unspecified atom stereocenters. The highest BCUT2D eigenvalue weighted by molar-refractivity contribution is 9.10. The first-order chi connectivity index (χ1) is 9.08. The van der Waals surface area contributed by atoms with Gasteiger partial charge in [0.05, 0.1) is 5.69 Å². The van der Waals surface area contributed by atoms with Crippen molar-refractivity contribution in [3.05, 3.63) is 64.4 Å². The number of carboxylic acid groups (broad SMARTS) is 1. The zero-order valence-electron chi connectivity index (χ0n) is 9.81. The highest BCUT2D eigenvalue weighted by Crippen LogP contribution is 2.23. The smallest absolute Gasteiger partial charge is 0.330 e. The number of anilines is 1. The minimum absolute atomic E-state index is 0.165. The van der Waals surface area contributed by atoms with E-state index in [-0.39, 0.29) is 5.69 Å². The summed E-state index contributed by atoms with van der Waals surface area (Å²) >= 11 is 3.28. The van der Waals surface area contributed by atoms with E-state index in [1.165, 1.54) is 12.1 Å². The van der Waals surface area contributed by atoms with E-state index in [1.807, 2.05) is 0 Å². The van der Waals surface area contributed by atoms with Gasteiger partial charge in [-0.15, -0.1) is 0 Å². The molecule has 0 saturated carbocycles. The summed E-state index contributed by atoms with van der Waals surface area (Å²) < 4.78 is 14.4. The monoisotopic (exact) mass is 323 g/mol. The van der Waals surface area contributed by atoms with Crippen LogP contribution in [0.15, 0.2) is 53.0 Å². The summed E-state index contributed by atoms with van der Waals surface area (Å²) in [4.78, 5) is 11.3. The van der Waals surface area contributed by atoms with E-state index in [9.17, 15) is 14.3 Å². The number of para-hydroxylation sites is 1. The number of benzene rings is 2. The molecule has 0 fully saturated rings. The Kier molecular flexibility index (Phi) is 4.16. The largest absolute Gasteiger partial charge is 0.479 e. The van der Waals surface area contributed by atoms with Crippen LogP contribution in [0.25, 0.3) is 0 Å². The van der Waals surface area contributed by atoms with Crippen molar-refractivity contribution in [2.24, 2.45) is 0 Å². The van der Waals surface area contributed by atoms with Crippen LogP contribution in [0.5, 0.6) is 0 Å². The quantitative estimate of drug-likeness (QED) is 0.899. The lowest BCUT2D eigenvalue weighted by Crippen LogP contribution is -2.21. The first kappa shape index (κ1) is 13.5. The lowest BCUT2D eigenvalue weighted by Gasteiger charge is -2.16. The Morgan fingerprint density at radius 2 is 1.79 bits per heavy atom. The van der Waals surface area contributed by atoms with E-state index in [1.54, 1.807) is 36.4 Å². The molecule has 0 aliphatic heterocycles. The standard InChI is InChI=1S/C14H11BrFNO2/c15-10-7-5-9(6-8-10)13(14(18)19)17-12-4-2-1-3-11(12)16/h1-8,13,17H,(H,18,19). The zero-order valence-corrected chi connectivity index (χ0v) is 11.4. The van der Waals surface area contributed by atoms with Crippen molar-refractivity contribution in [2.75, 3.05) is 5.32 Å². The van der Waals surface area contributed by atoms with Crippen LogP contribution in [0.1, 0.15) is 11.6 Å². The predicted octanol–water partition coefficient (Wildman–Crippen LogP) is 3.83. The highest BCUT2D eigenvalue weighted by Gasteiger charge is 2.20. The van der Waals surface area contributed by atoms with E-state index in [0.717, 1.165) is 4.47 Å². The van der Waals surface area contributed by atoms with Gasteiger partial charge in [-0.05, 0) is 29.8 Å². The number of nitrogens with one attached hydrogen (secondary N) is 1. The molecule has 0 bridgehead atoms. The van der Waals surface area contributed by atoms with Gasteiger partial charge in [0.25, 0.3) is 0 Å². The maximum Gasteiger partial charge on any atom is 0.330 e. The van der Waals surface area contributed by atoms with E-state index >= 15 is 0 Å². The van der Waals surface area contributed by atoms with Gasteiger partial charge in [0, 0.05) is 4.47 Å². The molecule has 0 aliphatic rings. The average Bonchev–Trinajstić information content (AvgIpc) is 2.39. The van der Waals surface area contributed by atoms with Crippen LogP contribution in [-0.4, -0.2) is 11.1 Å². The molecule has 0 aliphatic carbocycles. The molecule has 98 valence electrons. The molecule has 2 rings (SSSR count). The predicted molar refractivity (Wildman–Crippen MR) is 74.5 cm³/mol. The SMILES string of the molecule is O=C(O)C(Nc1ccccc1F)c1ccc(Br)cc1. The van der Waals surface area contributed by atoms with Crippen LogP contribution in [0, 0.1) is 5.82 Å². The molecular formula is C14H11BrFNO2. The second-order valence-electron chi connectivity index (χ2n) is 3.95. The number of hydrogen-bond donors (Lipinski definition) is 2. The molecule has 1 atom stereocenters.